The molecule has 0 saturated heterocycles. The van der Waals surface area contributed by atoms with Crippen LogP contribution in [0.4, 0.5) is 5.82 Å². The molecule has 1 saturated carbocycles. The average Bonchev–Trinajstić information content (AvgIpc) is 3.23. The second-order valence-corrected chi connectivity index (χ2v) is 5.61. The minimum Gasteiger partial charge on any atom is -0.437 e. The van der Waals surface area contributed by atoms with Crippen LogP contribution in [0.3, 0.4) is 0 Å². The van der Waals surface area contributed by atoms with E-state index in [4.69, 9.17) is 22.1 Å². The Hall–Kier alpha value is -1.81. The van der Waals surface area contributed by atoms with E-state index in [-0.39, 0.29) is 0 Å². The Balaban J connectivity index is 1.99. The number of hydrogen-bond donors (Lipinski definition) is 1. The zero-order valence-electron chi connectivity index (χ0n) is 11.5. The third-order valence-corrected chi connectivity index (χ3v) is 3.70. The quantitative estimate of drug-likeness (QED) is 0.928. The monoisotopic (exact) mass is 289 g/mol. The van der Waals surface area contributed by atoms with E-state index >= 15 is 0 Å². The zero-order valence-corrected chi connectivity index (χ0v) is 12.2. The number of nitrogens with zero attached hydrogens (tertiary/aromatic N) is 2. The summed E-state index contributed by atoms with van der Waals surface area (Å²) in [4.78, 5) is 8.82. The minimum absolute atomic E-state index is 0.424. The highest BCUT2D eigenvalue weighted by atomic mass is 35.5. The first-order valence-electron chi connectivity index (χ1n) is 6.62. The summed E-state index contributed by atoms with van der Waals surface area (Å²) < 4.78 is 5.86. The first-order valence-corrected chi connectivity index (χ1v) is 7.00. The molecule has 1 aromatic heterocycles. The van der Waals surface area contributed by atoms with Gasteiger partial charge in [-0.3, -0.25) is 0 Å². The van der Waals surface area contributed by atoms with Gasteiger partial charge >= 0.3 is 0 Å². The van der Waals surface area contributed by atoms with Gasteiger partial charge in [-0.2, -0.15) is 4.98 Å². The maximum Gasteiger partial charge on any atom is 0.227 e. The standard InChI is InChI=1S/C15H16ClN3O/c1-8-3-6-11(16)12(7-8)20-15-9(2)13(17)18-14(19-15)10-4-5-10/h3,6-7,10H,4-5H2,1-2H3,(H2,17,18,19). The van der Waals surface area contributed by atoms with Gasteiger partial charge in [-0.05, 0) is 44.4 Å². The predicted molar refractivity (Wildman–Crippen MR) is 79.4 cm³/mol. The molecular weight excluding hydrogens is 274 g/mol. The van der Waals surface area contributed by atoms with Crippen LogP contribution in [0.5, 0.6) is 11.6 Å². The van der Waals surface area contributed by atoms with Gasteiger partial charge in [0.15, 0.2) is 0 Å². The van der Waals surface area contributed by atoms with Gasteiger partial charge in [-0.25, -0.2) is 4.98 Å². The lowest BCUT2D eigenvalue weighted by Gasteiger charge is -2.12. The van der Waals surface area contributed by atoms with Crippen LogP contribution in [0.25, 0.3) is 0 Å². The van der Waals surface area contributed by atoms with Crippen LogP contribution in [0.1, 0.15) is 35.7 Å². The summed E-state index contributed by atoms with van der Waals surface area (Å²) in [6.45, 7) is 3.84. The normalized spacial score (nSPS) is 14.3. The minimum atomic E-state index is 0.424. The molecule has 2 N–H and O–H groups in total. The summed E-state index contributed by atoms with van der Waals surface area (Å²) >= 11 is 6.15. The fourth-order valence-electron chi connectivity index (χ4n) is 1.95. The molecule has 4 nitrogen and oxygen atoms in total. The molecule has 0 atom stereocenters. The second kappa shape index (κ2) is 4.94. The Kier molecular flexibility index (Phi) is 3.26. The fourth-order valence-corrected chi connectivity index (χ4v) is 2.10. The lowest BCUT2D eigenvalue weighted by Crippen LogP contribution is -2.04. The Labute approximate surface area is 123 Å². The molecule has 1 aliphatic carbocycles. The van der Waals surface area contributed by atoms with E-state index in [1.165, 1.54) is 0 Å². The molecule has 20 heavy (non-hydrogen) atoms. The number of aromatic nitrogens is 2. The Morgan fingerprint density at radius 1 is 1.25 bits per heavy atom. The largest absolute Gasteiger partial charge is 0.437 e. The van der Waals surface area contributed by atoms with Gasteiger partial charge in [0.1, 0.15) is 17.4 Å². The van der Waals surface area contributed by atoms with Gasteiger partial charge in [0.05, 0.1) is 10.6 Å². The molecule has 0 bridgehead atoms. The highest BCUT2D eigenvalue weighted by Gasteiger charge is 2.28. The third kappa shape index (κ3) is 2.56. The number of hydrogen-bond acceptors (Lipinski definition) is 4. The van der Waals surface area contributed by atoms with Crippen molar-refractivity contribution in [1.82, 2.24) is 9.97 Å². The number of nitrogens with two attached hydrogens (primary N) is 1. The highest BCUT2D eigenvalue weighted by molar-refractivity contribution is 6.32. The van der Waals surface area contributed by atoms with Crippen molar-refractivity contribution >= 4 is 17.4 Å². The lowest BCUT2D eigenvalue weighted by molar-refractivity contribution is 0.455. The molecule has 0 spiro atoms. The first kappa shape index (κ1) is 13.2. The number of ether oxygens (including phenoxy) is 1. The van der Waals surface area contributed by atoms with Crippen molar-refractivity contribution in [2.75, 3.05) is 5.73 Å². The smallest absolute Gasteiger partial charge is 0.227 e. The summed E-state index contributed by atoms with van der Waals surface area (Å²) in [5.41, 5.74) is 7.76. The number of benzene rings is 1. The number of nitrogen functional groups attached to an aromatic ring is 1. The number of aryl methyl sites for hydroxylation is 1. The summed E-state index contributed by atoms with van der Waals surface area (Å²) in [6, 6.07) is 5.64. The van der Waals surface area contributed by atoms with Gasteiger partial charge in [-0.15, -0.1) is 0 Å². The maximum atomic E-state index is 6.15. The average molecular weight is 290 g/mol. The van der Waals surface area contributed by atoms with Crippen molar-refractivity contribution in [1.29, 1.82) is 0 Å². The Morgan fingerprint density at radius 2 is 2.00 bits per heavy atom. The SMILES string of the molecule is Cc1ccc(Cl)c(Oc2nc(C3CC3)nc(N)c2C)c1. The van der Waals surface area contributed by atoms with E-state index < -0.39 is 0 Å². The van der Waals surface area contributed by atoms with E-state index in [9.17, 15) is 0 Å². The van der Waals surface area contributed by atoms with Crippen LogP contribution in [-0.4, -0.2) is 9.97 Å². The summed E-state index contributed by atoms with van der Waals surface area (Å²) in [5.74, 6) is 2.75. The summed E-state index contributed by atoms with van der Waals surface area (Å²) in [5, 5.41) is 0.556. The van der Waals surface area contributed by atoms with Gasteiger partial charge in [0.25, 0.3) is 0 Å². The molecule has 0 aliphatic heterocycles. The van der Waals surface area contributed by atoms with Crippen LogP contribution < -0.4 is 10.5 Å². The van der Waals surface area contributed by atoms with E-state index in [0.29, 0.717) is 28.4 Å². The Bertz CT molecular complexity index is 668. The highest BCUT2D eigenvalue weighted by Crippen LogP contribution is 2.40. The topological polar surface area (TPSA) is 61.0 Å². The van der Waals surface area contributed by atoms with E-state index in [0.717, 1.165) is 29.8 Å². The number of rotatable bonds is 3. The fraction of sp³-hybridized carbons (Fsp3) is 0.333. The van der Waals surface area contributed by atoms with Crippen LogP contribution in [0.15, 0.2) is 18.2 Å². The third-order valence-electron chi connectivity index (χ3n) is 3.39. The molecule has 1 heterocycles. The number of halogens is 1. The molecule has 1 aliphatic rings. The maximum absolute atomic E-state index is 6.15. The summed E-state index contributed by atoms with van der Waals surface area (Å²) in [6.07, 6.45) is 2.24. The Morgan fingerprint density at radius 3 is 2.70 bits per heavy atom. The second-order valence-electron chi connectivity index (χ2n) is 5.21. The molecular formula is C15H16ClN3O. The van der Waals surface area contributed by atoms with E-state index in [2.05, 4.69) is 9.97 Å². The van der Waals surface area contributed by atoms with Gasteiger partial charge in [0.2, 0.25) is 5.88 Å². The molecule has 1 aromatic carbocycles. The molecule has 0 radical (unpaired) electrons. The van der Waals surface area contributed by atoms with Crippen molar-refractivity contribution in [2.24, 2.45) is 0 Å². The van der Waals surface area contributed by atoms with Crippen LogP contribution in [0, 0.1) is 13.8 Å². The zero-order chi connectivity index (χ0) is 14.3. The van der Waals surface area contributed by atoms with Gasteiger partial charge in [-0.1, -0.05) is 17.7 Å². The molecule has 0 amide bonds. The van der Waals surface area contributed by atoms with Crippen LogP contribution in [-0.2, 0) is 0 Å². The van der Waals surface area contributed by atoms with Crippen molar-refractivity contribution in [2.45, 2.75) is 32.6 Å². The molecule has 5 heteroatoms. The molecule has 104 valence electrons. The van der Waals surface area contributed by atoms with Crippen molar-refractivity contribution < 1.29 is 4.74 Å². The molecule has 2 aromatic rings. The molecule has 0 unspecified atom stereocenters. The number of anilines is 1. The van der Waals surface area contributed by atoms with Crippen LogP contribution >= 0.6 is 11.6 Å². The first-order chi connectivity index (χ1) is 9.54. The predicted octanol–water partition coefficient (Wildman–Crippen LogP) is 4.00. The van der Waals surface area contributed by atoms with E-state index in [1.54, 1.807) is 0 Å². The molecule has 3 rings (SSSR count). The van der Waals surface area contributed by atoms with Crippen molar-refractivity contribution in [3.8, 4) is 11.6 Å². The molecule has 1 fully saturated rings. The van der Waals surface area contributed by atoms with Crippen molar-refractivity contribution in [3.63, 3.8) is 0 Å². The lowest BCUT2D eigenvalue weighted by atomic mass is 10.2. The van der Waals surface area contributed by atoms with E-state index in [1.807, 2.05) is 32.0 Å². The van der Waals surface area contributed by atoms with Gasteiger partial charge < -0.3 is 10.5 Å². The van der Waals surface area contributed by atoms with Crippen molar-refractivity contribution in [3.05, 3.63) is 40.2 Å². The van der Waals surface area contributed by atoms with Crippen LogP contribution in [0.2, 0.25) is 5.02 Å². The van der Waals surface area contributed by atoms with Gasteiger partial charge in [0, 0.05) is 5.92 Å². The summed E-state index contributed by atoms with van der Waals surface area (Å²) in [7, 11) is 0.